The van der Waals surface area contributed by atoms with Crippen molar-refractivity contribution in [3.8, 4) is 0 Å². The molecule has 1 aromatic carbocycles. The average Bonchev–Trinajstić information content (AvgIpc) is 2.53. The summed E-state index contributed by atoms with van der Waals surface area (Å²) in [6, 6.07) is 9.34. The summed E-state index contributed by atoms with van der Waals surface area (Å²) >= 11 is 6.77. The number of hydrogen-bond acceptors (Lipinski definition) is 3. The number of amides is 1. The first-order valence-corrected chi connectivity index (χ1v) is 11.0. The zero-order valence-electron chi connectivity index (χ0n) is 14.9. The molecule has 0 heterocycles. The van der Waals surface area contributed by atoms with E-state index in [9.17, 15) is 13.2 Å². The van der Waals surface area contributed by atoms with Crippen molar-refractivity contribution in [1.82, 2.24) is 9.03 Å². The van der Waals surface area contributed by atoms with Crippen molar-refractivity contribution < 1.29 is 13.2 Å². The van der Waals surface area contributed by atoms with Gasteiger partial charge in [0.1, 0.15) is 0 Å². The molecular weight excluding hydrogens is 372 g/mol. The standard InChI is InChI=1S/C19H25ClN2O3S/c1-22(12-14-5-3-2-4-6-14)26(24,25)21-17(23)18-8-15-7-16(9-18)11-19(20,10-15)13-18/h2-6,15-16H,7-13H2,1H3,(H,21,23). The molecule has 5 rings (SSSR count). The Hall–Kier alpha value is -1.11. The third-order valence-corrected chi connectivity index (χ3v) is 8.19. The number of halogens is 1. The zero-order valence-corrected chi connectivity index (χ0v) is 16.5. The molecule has 26 heavy (non-hydrogen) atoms. The van der Waals surface area contributed by atoms with Crippen LogP contribution in [0.3, 0.4) is 0 Å². The number of carbonyl (C=O) groups excluding carboxylic acids is 1. The molecule has 142 valence electrons. The minimum absolute atomic E-state index is 0.223. The smallest absolute Gasteiger partial charge is 0.273 e. The second-order valence-corrected chi connectivity index (χ2v) is 11.1. The summed E-state index contributed by atoms with van der Waals surface area (Å²) in [6.07, 6.45) is 5.17. The fourth-order valence-electron chi connectivity index (χ4n) is 5.65. The van der Waals surface area contributed by atoms with Gasteiger partial charge in [-0.05, 0) is 55.9 Å². The second kappa shape index (κ2) is 6.21. The molecular formula is C19H25ClN2O3S. The van der Waals surface area contributed by atoms with E-state index in [0.29, 0.717) is 18.3 Å². The molecule has 4 saturated carbocycles. The maximum Gasteiger partial charge on any atom is 0.303 e. The van der Waals surface area contributed by atoms with E-state index in [1.54, 1.807) is 0 Å². The van der Waals surface area contributed by atoms with Crippen LogP contribution in [-0.4, -0.2) is 30.6 Å². The fourth-order valence-corrected chi connectivity index (χ4v) is 7.26. The van der Waals surface area contributed by atoms with Crippen LogP contribution in [0.15, 0.2) is 30.3 Å². The predicted octanol–water partition coefficient (Wildman–Crippen LogP) is 3.06. The predicted molar refractivity (Wildman–Crippen MR) is 101 cm³/mol. The molecule has 5 nitrogen and oxygen atoms in total. The number of benzene rings is 1. The zero-order chi connectivity index (χ0) is 18.6. The lowest BCUT2D eigenvalue weighted by molar-refractivity contribution is -0.142. The Morgan fingerprint density at radius 2 is 1.81 bits per heavy atom. The van der Waals surface area contributed by atoms with Crippen molar-refractivity contribution in [2.75, 3.05) is 7.05 Å². The molecule has 7 heteroatoms. The lowest BCUT2D eigenvalue weighted by atomic mass is 9.49. The van der Waals surface area contributed by atoms with E-state index in [0.717, 1.165) is 37.7 Å². The molecule has 0 aliphatic heterocycles. The van der Waals surface area contributed by atoms with Gasteiger partial charge >= 0.3 is 10.2 Å². The van der Waals surface area contributed by atoms with Crippen LogP contribution in [0, 0.1) is 17.3 Å². The van der Waals surface area contributed by atoms with Gasteiger partial charge in [0.25, 0.3) is 0 Å². The maximum atomic E-state index is 13.0. The molecule has 4 aliphatic carbocycles. The number of nitrogens with zero attached hydrogens (tertiary/aromatic N) is 1. The van der Waals surface area contributed by atoms with E-state index >= 15 is 0 Å². The van der Waals surface area contributed by atoms with E-state index < -0.39 is 15.6 Å². The fraction of sp³-hybridized carbons (Fsp3) is 0.632. The van der Waals surface area contributed by atoms with Gasteiger partial charge in [-0.2, -0.15) is 12.7 Å². The number of rotatable bonds is 5. The largest absolute Gasteiger partial charge is 0.303 e. The number of carbonyl (C=O) groups is 1. The topological polar surface area (TPSA) is 66.5 Å². The first-order valence-electron chi connectivity index (χ1n) is 9.21. The molecule has 1 aromatic rings. The van der Waals surface area contributed by atoms with Crippen molar-refractivity contribution in [1.29, 1.82) is 0 Å². The Balaban J connectivity index is 1.49. The third kappa shape index (κ3) is 3.27. The highest BCUT2D eigenvalue weighted by molar-refractivity contribution is 7.87. The molecule has 0 aromatic heterocycles. The lowest BCUT2D eigenvalue weighted by Crippen LogP contribution is -2.59. The number of alkyl halides is 1. The Kier molecular flexibility index (Phi) is 4.36. The van der Waals surface area contributed by atoms with Crippen LogP contribution in [0.4, 0.5) is 0 Å². The van der Waals surface area contributed by atoms with Crippen molar-refractivity contribution in [2.45, 2.75) is 49.9 Å². The first-order chi connectivity index (χ1) is 12.2. The van der Waals surface area contributed by atoms with E-state index in [1.165, 1.54) is 11.4 Å². The summed E-state index contributed by atoms with van der Waals surface area (Å²) in [5.74, 6) is 0.532. The van der Waals surface area contributed by atoms with Gasteiger partial charge in [-0.15, -0.1) is 11.6 Å². The van der Waals surface area contributed by atoms with Crippen LogP contribution in [0.25, 0.3) is 0 Å². The van der Waals surface area contributed by atoms with Gasteiger partial charge in [0, 0.05) is 18.5 Å². The monoisotopic (exact) mass is 396 g/mol. The van der Waals surface area contributed by atoms with Gasteiger partial charge in [-0.25, -0.2) is 4.72 Å². The summed E-state index contributed by atoms with van der Waals surface area (Å²) in [4.78, 5) is 12.7. The second-order valence-electron chi connectivity index (χ2n) is 8.57. The van der Waals surface area contributed by atoms with Crippen LogP contribution in [-0.2, 0) is 21.5 Å². The van der Waals surface area contributed by atoms with Crippen molar-refractivity contribution >= 4 is 27.7 Å². The molecule has 1 N–H and O–H groups in total. The van der Waals surface area contributed by atoms with E-state index in [1.807, 2.05) is 30.3 Å². The summed E-state index contributed by atoms with van der Waals surface area (Å²) in [7, 11) is -2.39. The Bertz CT molecular complexity index is 797. The highest BCUT2D eigenvalue weighted by atomic mass is 35.5. The van der Waals surface area contributed by atoms with E-state index in [-0.39, 0.29) is 17.3 Å². The summed E-state index contributed by atoms with van der Waals surface area (Å²) in [6.45, 7) is 0.223. The normalized spacial score (nSPS) is 35.7. The molecule has 1 amide bonds. The molecule has 4 fully saturated rings. The molecule has 0 radical (unpaired) electrons. The SMILES string of the molecule is CN(Cc1ccccc1)S(=O)(=O)NC(=O)C12CC3CC(CC(Cl)(C3)C1)C2. The van der Waals surface area contributed by atoms with Gasteiger partial charge in [-0.3, -0.25) is 4.79 Å². The summed E-state index contributed by atoms with van der Waals surface area (Å²) < 4.78 is 28.9. The third-order valence-electron chi connectivity index (χ3n) is 6.35. The molecule has 4 aliphatic rings. The highest BCUT2D eigenvalue weighted by Crippen LogP contribution is 2.63. The minimum Gasteiger partial charge on any atom is -0.273 e. The van der Waals surface area contributed by atoms with Crippen molar-refractivity contribution in [2.24, 2.45) is 17.3 Å². The van der Waals surface area contributed by atoms with Crippen LogP contribution in [0.5, 0.6) is 0 Å². The average molecular weight is 397 g/mol. The van der Waals surface area contributed by atoms with Crippen molar-refractivity contribution in [3.05, 3.63) is 35.9 Å². The quantitative estimate of drug-likeness (QED) is 0.778. The Morgan fingerprint density at radius 1 is 1.19 bits per heavy atom. The van der Waals surface area contributed by atoms with Crippen LogP contribution in [0.1, 0.15) is 44.1 Å². The summed E-state index contributed by atoms with van der Waals surface area (Å²) in [5, 5.41) is 0. The van der Waals surface area contributed by atoms with Gasteiger partial charge in [0.05, 0.1) is 5.41 Å². The number of nitrogens with one attached hydrogen (secondary N) is 1. The molecule has 0 spiro atoms. The van der Waals surface area contributed by atoms with Gasteiger partial charge in [-0.1, -0.05) is 30.3 Å². The Morgan fingerprint density at radius 3 is 2.38 bits per heavy atom. The van der Waals surface area contributed by atoms with Crippen LogP contribution in [0.2, 0.25) is 0 Å². The van der Waals surface area contributed by atoms with E-state index in [2.05, 4.69) is 4.72 Å². The lowest BCUT2D eigenvalue weighted by Gasteiger charge is -2.59. The molecule has 2 unspecified atom stereocenters. The number of hydrogen-bond donors (Lipinski definition) is 1. The first kappa shape index (κ1) is 18.3. The van der Waals surface area contributed by atoms with Gasteiger partial charge in [0.2, 0.25) is 5.91 Å². The maximum absolute atomic E-state index is 13.0. The minimum atomic E-state index is -3.88. The molecule has 4 bridgehead atoms. The van der Waals surface area contributed by atoms with E-state index in [4.69, 9.17) is 11.6 Å². The Labute approximate surface area is 160 Å². The van der Waals surface area contributed by atoms with Crippen LogP contribution >= 0.6 is 11.6 Å². The van der Waals surface area contributed by atoms with Crippen molar-refractivity contribution in [3.63, 3.8) is 0 Å². The van der Waals surface area contributed by atoms with Gasteiger partial charge < -0.3 is 0 Å². The van der Waals surface area contributed by atoms with Crippen LogP contribution < -0.4 is 4.72 Å². The van der Waals surface area contributed by atoms with Gasteiger partial charge in [0.15, 0.2) is 0 Å². The highest BCUT2D eigenvalue weighted by Gasteiger charge is 2.60. The molecule has 0 saturated heterocycles. The summed E-state index contributed by atoms with van der Waals surface area (Å²) in [5.41, 5.74) is 0.259. The molecule has 2 atom stereocenters.